The molecular weight excluding hydrogens is 268 g/mol. The van der Waals surface area contributed by atoms with Crippen molar-refractivity contribution in [3.63, 3.8) is 0 Å². The molecule has 7 heteroatoms. The average molecular weight is 279 g/mol. The molecule has 0 fully saturated rings. The second-order valence-electron chi connectivity index (χ2n) is 3.23. The van der Waals surface area contributed by atoms with Crippen molar-refractivity contribution >= 4 is 27.7 Å². The van der Waals surface area contributed by atoms with Crippen molar-refractivity contribution in [3.05, 3.63) is 34.9 Å². The lowest BCUT2D eigenvalue weighted by Gasteiger charge is -2.15. The van der Waals surface area contributed by atoms with E-state index in [1.807, 2.05) is 0 Å². The van der Waals surface area contributed by atoms with Crippen LogP contribution in [0, 0.1) is 0 Å². The molecule has 94 valence electrons. The van der Waals surface area contributed by atoms with E-state index < -0.39 is 22.2 Å². The zero-order valence-electron chi connectivity index (χ0n) is 9.21. The number of hydrogen-bond acceptors (Lipinski definition) is 5. The van der Waals surface area contributed by atoms with E-state index in [4.69, 9.17) is 11.6 Å². The van der Waals surface area contributed by atoms with Crippen molar-refractivity contribution in [2.24, 2.45) is 0 Å². The van der Waals surface area contributed by atoms with Gasteiger partial charge in [-0.2, -0.15) is 8.42 Å². The van der Waals surface area contributed by atoms with E-state index in [-0.39, 0.29) is 10.6 Å². The Morgan fingerprint density at radius 2 is 1.94 bits per heavy atom. The number of hydrogen-bond donors (Lipinski definition) is 0. The molecule has 0 heterocycles. The Labute approximate surface area is 104 Å². The predicted molar refractivity (Wildman–Crippen MR) is 62.1 cm³/mol. The zero-order chi connectivity index (χ0) is 13.1. The number of ether oxygens (including phenoxy) is 1. The predicted octanol–water partition coefficient (Wildman–Crippen LogP) is 1.53. The van der Waals surface area contributed by atoms with E-state index in [2.05, 4.69) is 8.92 Å². The number of esters is 1. The molecule has 17 heavy (non-hydrogen) atoms. The Hall–Kier alpha value is -1.11. The molecule has 0 spiro atoms. The third-order valence-corrected chi connectivity index (χ3v) is 2.76. The minimum Gasteiger partial charge on any atom is -0.467 e. The fraction of sp³-hybridized carbons (Fsp3) is 0.300. The molecule has 0 saturated carbocycles. The van der Waals surface area contributed by atoms with Crippen LogP contribution in [0.4, 0.5) is 0 Å². The molecule has 1 rings (SSSR count). The highest BCUT2D eigenvalue weighted by atomic mass is 35.5. The molecule has 5 nitrogen and oxygen atoms in total. The second-order valence-corrected chi connectivity index (χ2v) is 5.23. The monoisotopic (exact) mass is 278 g/mol. The molecule has 0 aliphatic carbocycles. The lowest BCUT2D eigenvalue weighted by molar-refractivity contribution is -0.149. The third-order valence-electron chi connectivity index (χ3n) is 1.87. The molecule has 0 amide bonds. The summed E-state index contributed by atoms with van der Waals surface area (Å²) >= 11 is 5.87. The van der Waals surface area contributed by atoms with Gasteiger partial charge in [-0.3, -0.25) is 0 Å². The van der Waals surface area contributed by atoms with Crippen LogP contribution in [-0.2, 0) is 23.8 Å². The van der Waals surface area contributed by atoms with E-state index in [0.717, 1.165) is 13.4 Å². The summed E-state index contributed by atoms with van der Waals surface area (Å²) in [7, 11) is -2.67. The molecule has 0 aromatic heterocycles. The number of methoxy groups -OCH3 is 1. The van der Waals surface area contributed by atoms with Gasteiger partial charge in [-0.05, 0) is 6.07 Å². The maximum absolute atomic E-state index is 11.5. The lowest BCUT2D eigenvalue weighted by Crippen LogP contribution is -2.20. The summed E-state index contributed by atoms with van der Waals surface area (Å²) < 4.78 is 31.3. The van der Waals surface area contributed by atoms with Gasteiger partial charge >= 0.3 is 5.97 Å². The molecule has 1 atom stereocenters. The van der Waals surface area contributed by atoms with Gasteiger partial charge in [0.25, 0.3) is 10.1 Å². The van der Waals surface area contributed by atoms with Crippen LogP contribution in [0.5, 0.6) is 0 Å². The van der Waals surface area contributed by atoms with Gasteiger partial charge in [0.05, 0.1) is 13.4 Å². The maximum atomic E-state index is 11.5. The Kier molecular flexibility index (Phi) is 4.50. The minimum absolute atomic E-state index is 0.228. The van der Waals surface area contributed by atoms with Gasteiger partial charge in [-0.25, -0.2) is 8.98 Å². The molecule has 0 N–H and O–H groups in total. The van der Waals surface area contributed by atoms with Crippen molar-refractivity contribution in [3.8, 4) is 0 Å². The quantitative estimate of drug-likeness (QED) is 0.617. The largest absolute Gasteiger partial charge is 0.467 e. The first-order valence-electron chi connectivity index (χ1n) is 4.55. The molecule has 0 radical (unpaired) electrons. The van der Waals surface area contributed by atoms with E-state index in [1.54, 1.807) is 12.1 Å². The summed E-state index contributed by atoms with van der Waals surface area (Å²) in [5, 5.41) is 0.228. The van der Waals surface area contributed by atoms with Crippen LogP contribution in [0.15, 0.2) is 24.3 Å². The summed E-state index contributed by atoms with van der Waals surface area (Å²) in [5.74, 6) is -0.830. The van der Waals surface area contributed by atoms with Gasteiger partial charge in [0.15, 0.2) is 0 Å². The number of carbonyl (C=O) groups excluding carboxylic acids is 1. The molecule has 1 aromatic carbocycles. The SMILES string of the molecule is COC(=O)C(OS(C)(=O)=O)c1ccccc1Cl. The highest BCUT2D eigenvalue weighted by Gasteiger charge is 2.28. The van der Waals surface area contributed by atoms with Crippen molar-refractivity contribution in [1.82, 2.24) is 0 Å². The normalized spacial score (nSPS) is 13.1. The first-order valence-corrected chi connectivity index (χ1v) is 6.75. The number of rotatable bonds is 4. The molecule has 1 aromatic rings. The van der Waals surface area contributed by atoms with E-state index in [1.165, 1.54) is 12.1 Å². The van der Waals surface area contributed by atoms with Gasteiger partial charge in [0, 0.05) is 10.6 Å². The number of halogens is 1. The highest BCUT2D eigenvalue weighted by molar-refractivity contribution is 7.86. The van der Waals surface area contributed by atoms with Crippen LogP contribution >= 0.6 is 11.6 Å². The molecule has 0 aliphatic heterocycles. The summed E-state index contributed by atoms with van der Waals surface area (Å²) in [4.78, 5) is 11.5. The summed E-state index contributed by atoms with van der Waals surface area (Å²) in [6.45, 7) is 0. The second kappa shape index (κ2) is 5.48. The van der Waals surface area contributed by atoms with Crippen LogP contribution in [0.3, 0.4) is 0 Å². The Morgan fingerprint density at radius 1 is 1.35 bits per heavy atom. The van der Waals surface area contributed by atoms with E-state index >= 15 is 0 Å². The molecule has 0 saturated heterocycles. The highest BCUT2D eigenvalue weighted by Crippen LogP contribution is 2.27. The Morgan fingerprint density at radius 3 is 2.41 bits per heavy atom. The van der Waals surface area contributed by atoms with Crippen molar-refractivity contribution < 1.29 is 22.1 Å². The van der Waals surface area contributed by atoms with Crippen LogP contribution in [0.1, 0.15) is 11.7 Å². The Bertz CT molecular complexity index is 511. The third kappa shape index (κ3) is 3.99. The zero-order valence-corrected chi connectivity index (χ0v) is 10.8. The fourth-order valence-electron chi connectivity index (χ4n) is 1.19. The van der Waals surface area contributed by atoms with Crippen LogP contribution < -0.4 is 0 Å². The van der Waals surface area contributed by atoms with Gasteiger partial charge in [0.1, 0.15) is 0 Å². The van der Waals surface area contributed by atoms with Crippen molar-refractivity contribution in [2.45, 2.75) is 6.10 Å². The number of benzene rings is 1. The van der Waals surface area contributed by atoms with E-state index in [9.17, 15) is 13.2 Å². The van der Waals surface area contributed by atoms with Crippen molar-refractivity contribution in [2.75, 3.05) is 13.4 Å². The van der Waals surface area contributed by atoms with Crippen LogP contribution in [0.25, 0.3) is 0 Å². The van der Waals surface area contributed by atoms with Crippen LogP contribution in [0.2, 0.25) is 5.02 Å². The topological polar surface area (TPSA) is 69.7 Å². The van der Waals surface area contributed by atoms with E-state index in [0.29, 0.717) is 0 Å². The summed E-state index contributed by atoms with van der Waals surface area (Å²) in [6.07, 6.45) is -0.538. The molecule has 0 aliphatic rings. The molecule has 1 unspecified atom stereocenters. The standard InChI is InChI=1S/C10H11ClO5S/c1-15-10(12)9(16-17(2,13)14)7-5-3-4-6-8(7)11/h3-6,9H,1-2H3. The lowest BCUT2D eigenvalue weighted by atomic mass is 10.1. The first-order chi connectivity index (χ1) is 7.85. The first kappa shape index (κ1) is 14.0. The Balaban J connectivity index is 3.16. The maximum Gasteiger partial charge on any atom is 0.341 e. The minimum atomic E-state index is -3.80. The summed E-state index contributed by atoms with van der Waals surface area (Å²) in [5.41, 5.74) is 0.242. The fourth-order valence-corrected chi connectivity index (χ4v) is 1.95. The van der Waals surface area contributed by atoms with Gasteiger partial charge in [-0.15, -0.1) is 0 Å². The van der Waals surface area contributed by atoms with Crippen molar-refractivity contribution in [1.29, 1.82) is 0 Å². The van der Waals surface area contributed by atoms with Gasteiger partial charge in [0.2, 0.25) is 6.10 Å². The van der Waals surface area contributed by atoms with Gasteiger partial charge in [-0.1, -0.05) is 29.8 Å². The summed E-state index contributed by atoms with van der Waals surface area (Å²) in [6, 6.07) is 6.29. The smallest absolute Gasteiger partial charge is 0.341 e. The molecule has 0 bridgehead atoms. The average Bonchev–Trinajstić information content (AvgIpc) is 2.25. The van der Waals surface area contributed by atoms with Gasteiger partial charge < -0.3 is 4.74 Å². The number of carbonyl (C=O) groups is 1. The van der Waals surface area contributed by atoms with Crippen LogP contribution in [-0.4, -0.2) is 27.8 Å². The molecular formula is C10H11ClO5S.